The second kappa shape index (κ2) is 6.44. The van der Waals surface area contributed by atoms with Gasteiger partial charge in [0.1, 0.15) is 17.6 Å². The average molecular weight is 299 g/mol. The van der Waals surface area contributed by atoms with Gasteiger partial charge in [-0.15, -0.1) is 0 Å². The molecule has 0 fully saturated rings. The van der Waals surface area contributed by atoms with Gasteiger partial charge in [-0.3, -0.25) is 18.7 Å². The molecule has 118 valence electrons. The highest BCUT2D eigenvalue weighted by Gasteiger charge is 2.18. The first kappa shape index (κ1) is 16.8. The third-order valence-electron chi connectivity index (χ3n) is 2.93. The Morgan fingerprint density at radius 3 is 2.43 bits per heavy atom. The smallest absolute Gasteiger partial charge is 0.332 e. The summed E-state index contributed by atoms with van der Waals surface area (Å²) in [5.41, 5.74) is 9.59. The number of hydrogen-bond acceptors (Lipinski definition) is 6. The summed E-state index contributed by atoms with van der Waals surface area (Å²) >= 11 is 0. The van der Waals surface area contributed by atoms with E-state index in [1.165, 1.54) is 11.6 Å². The van der Waals surface area contributed by atoms with E-state index in [0.29, 0.717) is 6.54 Å². The molecule has 0 saturated heterocycles. The number of aliphatic hydroxyl groups excluding tert-OH is 1. The number of aromatic nitrogens is 2. The average Bonchev–Trinajstić information content (AvgIpc) is 2.40. The standard InChI is InChI=1S/C12H21N5O4/c1-6(2)5-17-9(13)8(11(20)16(3)12(17)21)15-4-7(18)10(14)19/h6-7,15,18H,4-5,13H2,1-3H3,(H2,14,19). The van der Waals surface area contributed by atoms with Crippen LogP contribution < -0.4 is 28.0 Å². The fourth-order valence-corrected chi connectivity index (χ4v) is 1.79. The number of nitrogen functional groups attached to an aromatic ring is 1. The molecule has 9 heteroatoms. The van der Waals surface area contributed by atoms with E-state index in [1.54, 1.807) is 0 Å². The number of nitrogens with one attached hydrogen (secondary N) is 1. The number of nitrogens with zero attached hydrogens (tertiary/aromatic N) is 2. The Labute approximate surface area is 121 Å². The minimum absolute atomic E-state index is 0.0338. The molecular weight excluding hydrogens is 278 g/mol. The van der Waals surface area contributed by atoms with Crippen LogP contribution in [0.15, 0.2) is 9.59 Å². The summed E-state index contributed by atoms with van der Waals surface area (Å²) < 4.78 is 2.18. The van der Waals surface area contributed by atoms with E-state index in [1.807, 2.05) is 13.8 Å². The Morgan fingerprint density at radius 2 is 1.95 bits per heavy atom. The molecule has 1 heterocycles. The summed E-state index contributed by atoms with van der Waals surface area (Å²) in [5.74, 6) is -0.812. The Hall–Kier alpha value is -2.29. The van der Waals surface area contributed by atoms with Crippen molar-refractivity contribution in [1.82, 2.24) is 9.13 Å². The van der Waals surface area contributed by atoms with Crippen molar-refractivity contribution in [3.8, 4) is 0 Å². The zero-order valence-corrected chi connectivity index (χ0v) is 12.3. The van der Waals surface area contributed by atoms with Crippen molar-refractivity contribution in [2.24, 2.45) is 18.7 Å². The molecule has 1 aromatic rings. The summed E-state index contributed by atoms with van der Waals surface area (Å²) in [5, 5.41) is 11.9. The maximum Gasteiger partial charge on any atom is 0.332 e. The minimum atomic E-state index is -1.46. The van der Waals surface area contributed by atoms with Gasteiger partial charge >= 0.3 is 5.69 Å². The summed E-state index contributed by atoms with van der Waals surface area (Å²) in [6.45, 7) is 3.88. The van der Waals surface area contributed by atoms with Gasteiger partial charge in [0.25, 0.3) is 5.56 Å². The maximum absolute atomic E-state index is 12.0. The fourth-order valence-electron chi connectivity index (χ4n) is 1.79. The number of nitrogens with two attached hydrogens (primary N) is 2. The Balaban J connectivity index is 3.26. The van der Waals surface area contributed by atoms with Crippen LogP contribution in [0.3, 0.4) is 0 Å². The molecule has 0 aliphatic heterocycles. The predicted octanol–water partition coefficient (Wildman–Crippen LogP) is -1.96. The van der Waals surface area contributed by atoms with Gasteiger partial charge in [0.2, 0.25) is 5.91 Å². The van der Waals surface area contributed by atoms with Crippen molar-refractivity contribution in [3.63, 3.8) is 0 Å². The molecule has 0 aliphatic rings. The molecule has 1 rings (SSSR count). The number of primary amides is 1. The number of amides is 1. The van der Waals surface area contributed by atoms with Crippen LogP contribution in [0.1, 0.15) is 13.8 Å². The molecule has 21 heavy (non-hydrogen) atoms. The highest BCUT2D eigenvalue weighted by molar-refractivity contribution is 5.79. The van der Waals surface area contributed by atoms with Gasteiger partial charge in [-0.2, -0.15) is 0 Å². The molecule has 1 amide bonds. The van der Waals surface area contributed by atoms with Crippen LogP contribution in [0.25, 0.3) is 0 Å². The van der Waals surface area contributed by atoms with Gasteiger partial charge in [-0.25, -0.2) is 4.79 Å². The van der Waals surface area contributed by atoms with Crippen molar-refractivity contribution in [3.05, 3.63) is 20.8 Å². The number of hydrogen-bond donors (Lipinski definition) is 4. The van der Waals surface area contributed by atoms with E-state index >= 15 is 0 Å². The van der Waals surface area contributed by atoms with Crippen molar-refractivity contribution in [1.29, 1.82) is 0 Å². The molecular formula is C12H21N5O4. The first-order chi connectivity index (χ1) is 9.66. The van der Waals surface area contributed by atoms with Crippen molar-refractivity contribution < 1.29 is 9.90 Å². The molecule has 0 saturated carbocycles. The van der Waals surface area contributed by atoms with Gasteiger partial charge in [0.05, 0.1) is 6.54 Å². The maximum atomic E-state index is 12.0. The van der Waals surface area contributed by atoms with E-state index in [2.05, 4.69) is 5.32 Å². The molecule has 0 aromatic carbocycles. The van der Waals surface area contributed by atoms with Crippen LogP contribution in [0.2, 0.25) is 0 Å². The highest BCUT2D eigenvalue weighted by atomic mass is 16.3. The first-order valence-electron chi connectivity index (χ1n) is 6.47. The lowest BCUT2D eigenvalue weighted by molar-refractivity contribution is -0.125. The van der Waals surface area contributed by atoms with Crippen LogP contribution in [-0.2, 0) is 18.4 Å². The number of rotatable bonds is 6. The molecule has 9 nitrogen and oxygen atoms in total. The lowest BCUT2D eigenvalue weighted by Gasteiger charge is -2.18. The SMILES string of the molecule is CC(C)Cn1c(N)c(NCC(O)C(N)=O)c(=O)n(C)c1=O. The van der Waals surface area contributed by atoms with E-state index in [4.69, 9.17) is 11.5 Å². The molecule has 1 aromatic heterocycles. The largest absolute Gasteiger partial charge is 0.383 e. The zero-order chi connectivity index (χ0) is 16.3. The quantitative estimate of drug-likeness (QED) is 0.480. The molecule has 6 N–H and O–H groups in total. The van der Waals surface area contributed by atoms with Gasteiger partial charge < -0.3 is 21.9 Å². The third-order valence-corrected chi connectivity index (χ3v) is 2.93. The first-order valence-corrected chi connectivity index (χ1v) is 6.47. The van der Waals surface area contributed by atoms with Gasteiger partial charge in [-0.05, 0) is 5.92 Å². The zero-order valence-electron chi connectivity index (χ0n) is 12.3. The van der Waals surface area contributed by atoms with Crippen LogP contribution in [0, 0.1) is 5.92 Å². The van der Waals surface area contributed by atoms with Crippen molar-refractivity contribution in [2.45, 2.75) is 26.5 Å². The number of anilines is 2. The molecule has 0 radical (unpaired) electrons. The normalized spacial score (nSPS) is 12.4. The van der Waals surface area contributed by atoms with E-state index in [9.17, 15) is 19.5 Å². The van der Waals surface area contributed by atoms with Gasteiger partial charge in [0, 0.05) is 13.6 Å². The van der Waals surface area contributed by atoms with E-state index in [-0.39, 0.29) is 24.0 Å². The Morgan fingerprint density at radius 1 is 1.38 bits per heavy atom. The lowest BCUT2D eigenvalue weighted by Crippen LogP contribution is -2.42. The number of carbonyl (C=O) groups is 1. The van der Waals surface area contributed by atoms with Crippen LogP contribution in [0.5, 0.6) is 0 Å². The van der Waals surface area contributed by atoms with Crippen molar-refractivity contribution >= 4 is 17.4 Å². The highest BCUT2D eigenvalue weighted by Crippen LogP contribution is 2.12. The minimum Gasteiger partial charge on any atom is -0.383 e. The second-order valence-electron chi connectivity index (χ2n) is 5.21. The number of aliphatic hydroxyl groups is 1. The van der Waals surface area contributed by atoms with Gasteiger partial charge in [0.15, 0.2) is 0 Å². The molecule has 1 unspecified atom stereocenters. The summed E-state index contributed by atoms with van der Waals surface area (Å²) in [4.78, 5) is 34.9. The number of carbonyl (C=O) groups excluding carboxylic acids is 1. The third kappa shape index (κ3) is 3.63. The molecule has 0 aliphatic carbocycles. The molecule has 1 atom stereocenters. The monoisotopic (exact) mass is 299 g/mol. The summed E-state index contributed by atoms with van der Waals surface area (Å²) in [7, 11) is 1.33. The van der Waals surface area contributed by atoms with Crippen LogP contribution in [0.4, 0.5) is 11.5 Å². The van der Waals surface area contributed by atoms with E-state index in [0.717, 1.165) is 4.57 Å². The topological polar surface area (TPSA) is 145 Å². The van der Waals surface area contributed by atoms with Gasteiger partial charge in [-0.1, -0.05) is 13.8 Å². The predicted molar refractivity (Wildman–Crippen MR) is 78.9 cm³/mol. The fraction of sp³-hybridized carbons (Fsp3) is 0.583. The van der Waals surface area contributed by atoms with E-state index < -0.39 is 23.3 Å². The van der Waals surface area contributed by atoms with Crippen LogP contribution in [-0.4, -0.2) is 32.8 Å². The van der Waals surface area contributed by atoms with Crippen molar-refractivity contribution in [2.75, 3.05) is 17.6 Å². The summed E-state index contributed by atoms with van der Waals surface area (Å²) in [6.07, 6.45) is -1.46. The molecule has 0 spiro atoms. The Bertz CT molecular complexity index is 646. The second-order valence-corrected chi connectivity index (χ2v) is 5.21. The Kier molecular flexibility index (Phi) is 5.14. The summed E-state index contributed by atoms with van der Waals surface area (Å²) in [6, 6.07) is 0. The lowest BCUT2D eigenvalue weighted by atomic mass is 10.2. The molecule has 0 bridgehead atoms. The van der Waals surface area contributed by atoms with Crippen LogP contribution >= 0.6 is 0 Å².